The number of rotatable bonds is 7. The van der Waals surface area contributed by atoms with E-state index in [0.29, 0.717) is 32.2 Å². The maximum atomic E-state index is 11.1. The third kappa shape index (κ3) is 5.19. The minimum atomic E-state index is -0.133. The molecule has 0 fully saturated rings. The Kier molecular flexibility index (Phi) is 7.42. The summed E-state index contributed by atoms with van der Waals surface area (Å²) in [6, 6.07) is 0.365. The lowest BCUT2D eigenvalue weighted by Gasteiger charge is -2.25. The average Bonchev–Trinajstić information content (AvgIpc) is 2.17. The van der Waals surface area contributed by atoms with Gasteiger partial charge in [-0.05, 0) is 20.4 Å². The van der Waals surface area contributed by atoms with E-state index in [2.05, 4.69) is 11.8 Å². The van der Waals surface area contributed by atoms with Crippen LogP contribution in [0.2, 0.25) is 0 Å². The predicted molar refractivity (Wildman–Crippen MR) is 57.0 cm³/mol. The van der Waals surface area contributed by atoms with Crippen LogP contribution in [-0.2, 0) is 9.53 Å². The van der Waals surface area contributed by atoms with Crippen LogP contribution in [0.15, 0.2) is 0 Å². The molecular weight excluding hydrogens is 180 g/mol. The highest BCUT2D eigenvalue weighted by atomic mass is 16.5. The van der Waals surface area contributed by atoms with Crippen molar-refractivity contribution in [2.45, 2.75) is 32.7 Å². The number of carbonyl (C=O) groups is 1. The summed E-state index contributed by atoms with van der Waals surface area (Å²) in [4.78, 5) is 13.2. The fourth-order valence-electron chi connectivity index (χ4n) is 1.34. The van der Waals surface area contributed by atoms with Crippen molar-refractivity contribution in [1.82, 2.24) is 4.90 Å². The highest BCUT2D eigenvalue weighted by molar-refractivity contribution is 5.69. The van der Waals surface area contributed by atoms with E-state index in [1.54, 1.807) is 0 Å². The van der Waals surface area contributed by atoms with E-state index in [4.69, 9.17) is 10.5 Å². The van der Waals surface area contributed by atoms with Crippen molar-refractivity contribution in [2.75, 3.05) is 26.7 Å². The average molecular weight is 202 g/mol. The Morgan fingerprint density at radius 3 is 2.57 bits per heavy atom. The van der Waals surface area contributed by atoms with Gasteiger partial charge in [0.1, 0.15) is 0 Å². The normalized spacial score (nSPS) is 12.9. The van der Waals surface area contributed by atoms with E-state index in [1.807, 2.05) is 14.0 Å². The topological polar surface area (TPSA) is 55.6 Å². The Hall–Kier alpha value is -0.610. The van der Waals surface area contributed by atoms with Crippen molar-refractivity contribution in [2.24, 2.45) is 5.73 Å². The van der Waals surface area contributed by atoms with Crippen LogP contribution < -0.4 is 5.73 Å². The third-order valence-electron chi connectivity index (χ3n) is 2.34. The molecule has 0 heterocycles. The fraction of sp³-hybridized carbons (Fsp3) is 0.900. The summed E-state index contributed by atoms with van der Waals surface area (Å²) in [5, 5.41) is 0. The van der Waals surface area contributed by atoms with E-state index in [-0.39, 0.29) is 5.97 Å². The molecule has 4 heteroatoms. The van der Waals surface area contributed by atoms with E-state index in [0.717, 1.165) is 6.42 Å². The van der Waals surface area contributed by atoms with Gasteiger partial charge >= 0.3 is 5.97 Å². The Labute approximate surface area is 86.4 Å². The van der Waals surface area contributed by atoms with Gasteiger partial charge in [-0.15, -0.1) is 0 Å². The summed E-state index contributed by atoms with van der Waals surface area (Å²) in [7, 11) is 1.99. The number of carbonyl (C=O) groups excluding carboxylic acids is 1. The number of nitrogens with two attached hydrogens (primary N) is 1. The van der Waals surface area contributed by atoms with Crippen LogP contribution in [0.3, 0.4) is 0 Å². The van der Waals surface area contributed by atoms with Gasteiger partial charge in [0.05, 0.1) is 13.0 Å². The molecule has 1 atom stereocenters. The molecule has 84 valence electrons. The van der Waals surface area contributed by atoms with E-state index in [1.165, 1.54) is 0 Å². The molecule has 0 saturated carbocycles. The van der Waals surface area contributed by atoms with Crippen molar-refractivity contribution < 1.29 is 9.53 Å². The number of ether oxygens (including phenoxy) is 1. The number of nitrogens with zero attached hydrogens (tertiary/aromatic N) is 1. The molecule has 0 aromatic heterocycles. The van der Waals surface area contributed by atoms with Crippen molar-refractivity contribution in [1.29, 1.82) is 0 Å². The molecule has 0 amide bonds. The summed E-state index contributed by atoms with van der Waals surface area (Å²) in [5.74, 6) is -0.133. The first-order valence-electron chi connectivity index (χ1n) is 5.21. The van der Waals surface area contributed by atoms with Crippen LogP contribution in [0.5, 0.6) is 0 Å². The zero-order chi connectivity index (χ0) is 11.0. The van der Waals surface area contributed by atoms with Gasteiger partial charge < -0.3 is 15.4 Å². The number of hydrogen-bond acceptors (Lipinski definition) is 4. The van der Waals surface area contributed by atoms with Gasteiger partial charge in [0.25, 0.3) is 0 Å². The second-order valence-corrected chi connectivity index (χ2v) is 3.33. The molecule has 0 spiro atoms. The number of hydrogen-bond donors (Lipinski definition) is 1. The van der Waals surface area contributed by atoms with Crippen molar-refractivity contribution in [3.8, 4) is 0 Å². The van der Waals surface area contributed by atoms with E-state index >= 15 is 0 Å². The van der Waals surface area contributed by atoms with Crippen LogP contribution in [0.1, 0.15) is 26.7 Å². The Morgan fingerprint density at radius 2 is 2.14 bits per heavy atom. The smallest absolute Gasteiger partial charge is 0.307 e. The highest BCUT2D eigenvalue weighted by Gasteiger charge is 2.12. The second kappa shape index (κ2) is 7.76. The molecule has 0 aromatic rings. The minimum Gasteiger partial charge on any atom is -0.466 e. The summed E-state index contributed by atoms with van der Waals surface area (Å²) in [6.45, 7) is 5.72. The van der Waals surface area contributed by atoms with Gasteiger partial charge in [-0.25, -0.2) is 0 Å². The van der Waals surface area contributed by atoms with E-state index in [9.17, 15) is 4.79 Å². The minimum absolute atomic E-state index is 0.133. The van der Waals surface area contributed by atoms with Crippen LogP contribution in [-0.4, -0.2) is 43.7 Å². The lowest BCUT2D eigenvalue weighted by Crippen LogP contribution is -2.38. The van der Waals surface area contributed by atoms with Crippen LogP contribution in [0.4, 0.5) is 0 Å². The monoisotopic (exact) mass is 202 g/mol. The van der Waals surface area contributed by atoms with Crippen molar-refractivity contribution in [3.05, 3.63) is 0 Å². The lowest BCUT2D eigenvalue weighted by atomic mass is 10.2. The fourth-order valence-corrected chi connectivity index (χ4v) is 1.34. The molecule has 0 radical (unpaired) electrons. The van der Waals surface area contributed by atoms with Crippen molar-refractivity contribution >= 4 is 5.97 Å². The molecular formula is C10H22N2O2. The molecule has 14 heavy (non-hydrogen) atoms. The molecule has 4 nitrogen and oxygen atoms in total. The molecule has 0 rings (SSSR count). The van der Waals surface area contributed by atoms with E-state index < -0.39 is 0 Å². The Balaban J connectivity index is 3.71. The first-order chi connectivity index (χ1) is 6.65. The predicted octanol–water partition coefficient (Wildman–Crippen LogP) is 0.609. The lowest BCUT2D eigenvalue weighted by molar-refractivity contribution is -0.143. The second-order valence-electron chi connectivity index (χ2n) is 3.33. The first-order valence-corrected chi connectivity index (χ1v) is 5.21. The SMILES string of the molecule is CCOC(=O)CCN(C)C(CC)CN. The standard InChI is InChI=1S/C10H22N2O2/c1-4-9(8-11)12(3)7-6-10(13)14-5-2/h9H,4-8,11H2,1-3H3. The van der Waals surface area contributed by atoms with Crippen LogP contribution in [0, 0.1) is 0 Å². The van der Waals surface area contributed by atoms with Gasteiger partial charge in [-0.1, -0.05) is 6.92 Å². The van der Waals surface area contributed by atoms with Gasteiger partial charge in [0.15, 0.2) is 0 Å². The molecule has 0 aliphatic heterocycles. The van der Waals surface area contributed by atoms with Gasteiger partial charge in [0, 0.05) is 19.1 Å². The number of likely N-dealkylation sites (N-methyl/N-ethyl adjacent to an activating group) is 1. The third-order valence-corrected chi connectivity index (χ3v) is 2.34. The number of esters is 1. The zero-order valence-electron chi connectivity index (χ0n) is 9.45. The Morgan fingerprint density at radius 1 is 1.50 bits per heavy atom. The van der Waals surface area contributed by atoms with Crippen LogP contribution >= 0.6 is 0 Å². The summed E-state index contributed by atoms with van der Waals surface area (Å²) >= 11 is 0. The highest BCUT2D eigenvalue weighted by Crippen LogP contribution is 2.01. The summed E-state index contributed by atoms with van der Waals surface area (Å²) in [6.07, 6.45) is 1.46. The molecule has 0 aliphatic carbocycles. The quantitative estimate of drug-likeness (QED) is 0.614. The molecule has 0 aliphatic rings. The summed E-state index contributed by atoms with van der Waals surface area (Å²) in [5.41, 5.74) is 5.59. The van der Waals surface area contributed by atoms with Gasteiger partial charge in [-0.2, -0.15) is 0 Å². The maximum Gasteiger partial charge on any atom is 0.307 e. The van der Waals surface area contributed by atoms with Gasteiger partial charge in [-0.3, -0.25) is 4.79 Å². The molecule has 0 bridgehead atoms. The molecule has 1 unspecified atom stereocenters. The van der Waals surface area contributed by atoms with Gasteiger partial charge in [0.2, 0.25) is 0 Å². The molecule has 0 aromatic carbocycles. The Bertz CT molecular complexity index is 158. The zero-order valence-corrected chi connectivity index (χ0v) is 9.45. The largest absolute Gasteiger partial charge is 0.466 e. The van der Waals surface area contributed by atoms with Crippen LogP contribution in [0.25, 0.3) is 0 Å². The molecule has 0 saturated heterocycles. The first kappa shape index (κ1) is 13.4. The molecule has 2 N–H and O–H groups in total. The maximum absolute atomic E-state index is 11.1. The summed E-state index contributed by atoms with van der Waals surface area (Å²) < 4.78 is 4.84. The van der Waals surface area contributed by atoms with Crippen molar-refractivity contribution in [3.63, 3.8) is 0 Å².